The lowest BCUT2D eigenvalue weighted by atomic mass is 9.84. The standard InChI is InChI=1S/C22H26O/c1-18-15-21(14-13-19-9-5-3-6-10-19)23-22(2,16-18)17-20-11-7-4-8-12-20/h3-12,21H,1,13-17H2,2H3/t21-,22-/m1/s1. The van der Waals surface area contributed by atoms with E-state index in [1.165, 1.54) is 16.7 Å². The van der Waals surface area contributed by atoms with Gasteiger partial charge in [-0.1, -0.05) is 72.8 Å². The van der Waals surface area contributed by atoms with Gasteiger partial charge in [-0.05, 0) is 43.7 Å². The van der Waals surface area contributed by atoms with Gasteiger partial charge in [0.05, 0.1) is 11.7 Å². The molecule has 1 heteroatoms. The summed E-state index contributed by atoms with van der Waals surface area (Å²) in [6.45, 7) is 6.51. The highest BCUT2D eigenvalue weighted by Gasteiger charge is 2.34. The first kappa shape index (κ1) is 16.0. The zero-order valence-corrected chi connectivity index (χ0v) is 14.0. The number of hydrogen-bond acceptors (Lipinski definition) is 1. The van der Waals surface area contributed by atoms with Crippen molar-refractivity contribution in [2.45, 2.75) is 50.7 Å². The normalized spacial score (nSPS) is 24.6. The number of hydrogen-bond donors (Lipinski definition) is 0. The van der Waals surface area contributed by atoms with Crippen LogP contribution in [0, 0.1) is 0 Å². The highest BCUT2D eigenvalue weighted by Crippen LogP contribution is 2.35. The summed E-state index contributed by atoms with van der Waals surface area (Å²) in [4.78, 5) is 0. The molecule has 1 heterocycles. The third-order valence-electron chi connectivity index (χ3n) is 4.61. The van der Waals surface area contributed by atoms with Crippen LogP contribution in [0.25, 0.3) is 0 Å². The molecule has 2 aromatic rings. The Balaban J connectivity index is 1.63. The maximum absolute atomic E-state index is 6.51. The summed E-state index contributed by atoms with van der Waals surface area (Å²) in [7, 11) is 0. The molecule has 0 aromatic heterocycles. The fraction of sp³-hybridized carbons (Fsp3) is 0.364. The SMILES string of the molecule is C=C1C[C@@H](CCc2ccccc2)O[C@@](C)(Cc2ccccc2)C1. The maximum atomic E-state index is 6.51. The lowest BCUT2D eigenvalue weighted by Crippen LogP contribution is -2.41. The molecule has 1 aliphatic heterocycles. The molecule has 0 radical (unpaired) electrons. The predicted molar refractivity (Wildman–Crippen MR) is 96.6 cm³/mol. The van der Waals surface area contributed by atoms with Gasteiger partial charge in [-0.2, -0.15) is 0 Å². The predicted octanol–water partition coefficient (Wildman–Crippen LogP) is 5.36. The second-order valence-electron chi connectivity index (χ2n) is 7.01. The summed E-state index contributed by atoms with van der Waals surface area (Å²) in [6, 6.07) is 21.3. The Hall–Kier alpha value is -1.86. The number of ether oxygens (including phenoxy) is 1. The molecule has 0 spiro atoms. The van der Waals surface area contributed by atoms with Gasteiger partial charge in [-0.25, -0.2) is 0 Å². The highest BCUT2D eigenvalue weighted by atomic mass is 16.5. The van der Waals surface area contributed by atoms with Crippen LogP contribution in [0.1, 0.15) is 37.3 Å². The zero-order valence-electron chi connectivity index (χ0n) is 14.0. The summed E-state index contributed by atoms with van der Waals surface area (Å²) >= 11 is 0. The van der Waals surface area contributed by atoms with Gasteiger partial charge in [0.15, 0.2) is 0 Å². The third kappa shape index (κ3) is 4.56. The molecule has 0 aliphatic carbocycles. The molecule has 0 saturated carbocycles. The first-order valence-corrected chi connectivity index (χ1v) is 8.55. The van der Waals surface area contributed by atoms with E-state index in [0.717, 1.165) is 32.1 Å². The second-order valence-corrected chi connectivity index (χ2v) is 7.01. The van der Waals surface area contributed by atoms with E-state index in [0.29, 0.717) is 0 Å². The Labute approximate surface area is 140 Å². The van der Waals surface area contributed by atoms with Crippen molar-refractivity contribution in [3.8, 4) is 0 Å². The van der Waals surface area contributed by atoms with Crippen molar-refractivity contribution in [1.82, 2.24) is 0 Å². The smallest absolute Gasteiger partial charge is 0.0735 e. The van der Waals surface area contributed by atoms with Crippen molar-refractivity contribution >= 4 is 0 Å². The van der Waals surface area contributed by atoms with E-state index < -0.39 is 0 Å². The van der Waals surface area contributed by atoms with Crippen LogP contribution < -0.4 is 0 Å². The monoisotopic (exact) mass is 306 g/mol. The van der Waals surface area contributed by atoms with E-state index in [-0.39, 0.29) is 11.7 Å². The fourth-order valence-corrected chi connectivity index (χ4v) is 3.67. The Morgan fingerprint density at radius 3 is 2.26 bits per heavy atom. The lowest BCUT2D eigenvalue weighted by Gasteiger charge is -2.40. The van der Waals surface area contributed by atoms with Gasteiger partial charge in [-0.15, -0.1) is 0 Å². The first-order valence-electron chi connectivity index (χ1n) is 8.55. The van der Waals surface area contributed by atoms with Crippen molar-refractivity contribution in [3.05, 3.63) is 83.9 Å². The van der Waals surface area contributed by atoms with Crippen molar-refractivity contribution in [1.29, 1.82) is 0 Å². The minimum absolute atomic E-state index is 0.127. The minimum Gasteiger partial charge on any atom is -0.371 e. The van der Waals surface area contributed by atoms with Gasteiger partial charge >= 0.3 is 0 Å². The maximum Gasteiger partial charge on any atom is 0.0735 e. The topological polar surface area (TPSA) is 9.23 Å². The number of aryl methyl sites for hydroxylation is 1. The molecule has 1 fully saturated rings. The van der Waals surface area contributed by atoms with Crippen LogP contribution in [0.15, 0.2) is 72.8 Å². The Bertz CT molecular complexity index is 632. The molecule has 2 atom stereocenters. The van der Waals surface area contributed by atoms with Gasteiger partial charge in [0.25, 0.3) is 0 Å². The van der Waals surface area contributed by atoms with E-state index in [9.17, 15) is 0 Å². The van der Waals surface area contributed by atoms with E-state index in [1.807, 2.05) is 0 Å². The molecule has 1 aliphatic rings. The van der Waals surface area contributed by atoms with Crippen LogP contribution in [0.2, 0.25) is 0 Å². The van der Waals surface area contributed by atoms with Gasteiger partial charge in [-0.3, -0.25) is 0 Å². The van der Waals surface area contributed by atoms with Gasteiger partial charge in [0, 0.05) is 6.42 Å². The Morgan fingerprint density at radius 2 is 1.61 bits per heavy atom. The van der Waals surface area contributed by atoms with E-state index in [2.05, 4.69) is 74.2 Å². The quantitative estimate of drug-likeness (QED) is 0.676. The second kappa shape index (κ2) is 7.14. The molecule has 0 bridgehead atoms. The van der Waals surface area contributed by atoms with Crippen LogP contribution in [0.5, 0.6) is 0 Å². The van der Waals surface area contributed by atoms with E-state index >= 15 is 0 Å². The molecule has 1 nitrogen and oxygen atoms in total. The van der Waals surface area contributed by atoms with Crippen molar-refractivity contribution in [2.24, 2.45) is 0 Å². The zero-order chi connectivity index (χ0) is 16.1. The summed E-state index contributed by atoms with van der Waals surface area (Å²) in [5.74, 6) is 0. The molecule has 1 saturated heterocycles. The number of rotatable bonds is 5. The van der Waals surface area contributed by atoms with Crippen LogP contribution in [-0.2, 0) is 17.6 Å². The average molecular weight is 306 g/mol. The van der Waals surface area contributed by atoms with E-state index in [1.54, 1.807) is 0 Å². The van der Waals surface area contributed by atoms with Crippen molar-refractivity contribution in [3.63, 3.8) is 0 Å². The summed E-state index contributed by atoms with van der Waals surface area (Å²) in [6.07, 6.45) is 5.33. The number of benzene rings is 2. The van der Waals surface area contributed by atoms with E-state index in [4.69, 9.17) is 4.74 Å². The molecule has 2 aromatic carbocycles. The minimum atomic E-state index is -0.127. The molecule has 120 valence electrons. The van der Waals surface area contributed by atoms with Gasteiger partial charge < -0.3 is 4.74 Å². The Morgan fingerprint density at radius 1 is 1.00 bits per heavy atom. The van der Waals surface area contributed by atoms with Gasteiger partial charge in [0.2, 0.25) is 0 Å². The van der Waals surface area contributed by atoms with Crippen LogP contribution in [0.4, 0.5) is 0 Å². The average Bonchev–Trinajstić information content (AvgIpc) is 2.54. The van der Waals surface area contributed by atoms with Crippen molar-refractivity contribution in [2.75, 3.05) is 0 Å². The molecule has 0 unspecified atom stereocenters. The molecule has 0 N–H and O–H groups in total. The molecular formula is C22H26O. The highest BCUT2D eigenvalue weighted by molar-refractivity contribution is 5.20. The summed E-state index contributed by atoms with van der Waals surface area (Å²) < 4.78 is 6.51. The molecule has 3 rings (SSSR count). The Kier molecular flexibility index (Phi) is 4.97. The molecular weight excluding hydrogens is 280 g/mol. The van der Waals surface area contributed by atoms with Crippen LogP contribution >= 0.6 is 0 Å². The van der Waals surface area contributed by atoms with Gasteiger partial charge in [0.1, 0.15) is 0 Å². The summed E-state index contributed by atoms with van der Waals surface area (Å²) in [5.41, 5.74) is 3.93. The molecule has 23 heavy (non-hydrogen) atoms. The first-order chi connectivity index (χ1) is 11.1. The van der Waals surface area contributed by atoms with Crippen LogP contribution in [0.3, 0.4) is 0 Å². The fourth-order valence-electron chi connectivity index (χ4n) is 3.67. The summed E-state index contributed by atoms with van der Waals surface area (Å²) in [5, 5.41) is 0. The third-order valence-corrected chi connectivity index (χ3v) is 4.61. The largest absolute Gasteiger partial charge is 0.371 e. The molecule has 0 amide bonds. The lowest BCUT2D eigenvalue weighted by molar-refractivity contribution is -0.102. The van der Waals surface area contributed by atoms with Crippen molar-refractivity contribution < 1.29 is 4.74 Å². The van der Waals surface area contributed by atoms with Crippen LogP contribution in [-0.4, -0.2) is 11.7 Å².